The molecular weight excluding hydrogens is 298 g/mol. The average Bonchev–Trinajstić information content (AvgIpc) is 2.55. The van der Waals surface area contributed by atoms with Crippen LogP contribution in [-0.2, 0) is 16.0 Å². The fraction of sp³-hybridized carbons (Fsp3) is 0.176. The summed E-state index contributed by atoms with van der Waals surface area (Å²) >= 11 is 0. The lowest BCUT2D eigenvalue weighted by Gasteiger charge is -2.08. The van der Waals surface area contributed by atoms with Crippen LogP contribution in [0, 0.1) is 10.1 Å². The van der Waals surface area contributed by atoms with E-state index in [1.807, 2.05) is 0 Å². The highest BCUT2D eigenvalue weighted by Crippen LogP contribution is 2.18. The molecule has 0 unspecified atom stereocenters. The van der Waals surface area contributed by atoms with Crippen molar-refractivity contribution in [3.05, 3.63) is 75.3 Å². The molecule has 6 nitrogen and oxygen atoms in total. The maximum atomic E-state index is 12.6. The van der Waals surface area contributed by atoms with Crippen molar-refractivity contribution in [2.45, 2.75) is 13.3 Å². The fourth-order valence-corrected chi connectivity index (χ4v) is 2.15. The van der Waals surface area contributed by atoms with Gasteiger partial charge >= 0.3 is 5.97 Å². The predicted molar refractivity (Wildman–Crippen MR) is 83.3 cm³/mol. The van der Waals surface area contributed by atoms with Gasteiger partial charge in [0, 0.05) is 23.3 Å². The smallest absolute Gasteiger partial charge is 0.310 e. The molecule has 0 aliphatic rings. The Hall–Kier alpha value is -3.02. The first-order valence-electron chi connectivity index (χ1n) is 7.05. The minimum Gasteiger partial charge on any atom is -0.466 e. The predicted octanol–water partition coefficient (Wildman–Crippen LogP) is 2.93. The lowest BCUT2D eigenvalue weighted by atomic mass is 9.96. The van der Waals surface area contributed by atoms with E-state index in [1.165, 1.54) is 24.3 Å². The summed E-state index contributed by atoms with van der Waals surface area (Å²) in [5, 5.41) is 10.7. The molecule has 0 N–H and O–H groups in total. The number of carbonyl (C=O) groups is 2. The van der Waals surface area contributed by atoms with Crippen LogP contribution >= 0.6 is 0 Å². The van der Waals surface area contributed by atoms with Crippen LogP contribution in [0.15, 0.2) is 48.5 Å². The van der Waals surface area contributed by atoms with Crippen molar-refractivity contribution in [1.82, 2.24) is 0 Å². The first kappa shape index (κ1) is 16.4. The average molecular weight is 313 g/mol. The number of hydrogen-bond acceptors (Lipinski definition) is 5. The number of carbonyl (C=O) groups excluding carboxylic acids is 2. The van der Waals surface area contributed by atoms with E-state index in [0.717, 1.165) is 0 Å². The van der Waals surface area contributed by atoms with Crippen molar-refractivity contribution in [3.63, 3.8) is 0 Å². The first-order chi connectivity index (χ1) is 11.0. The summed E-state index contributed by atoms with van der Waals surface area (Å²) < 4.78 is 4.90. The second kappa shape index (κ2) is 7.31. The normalized spacial score (nSPS) is 10.1. The van der Waals surface area contributed by atoms with Crippen LogP contribution < -0.4 is 0 Å². The number of rotatable bonds is 6. The molecule has 2 rings (SSSR count). The summed E-state index contributed by atoms with van der Waals surface area (Å²) in [5.41, 5.74) is 1.19. The van der Waals surface area contributed by atoms with Gasteiger partial charge in [-0.05, 0) is 24.6 Å². The molecule has 0 atom stereocenters. The van der Waals surface area contributed by atoms with Gasteiger partial charge in [-0.1, -0.05) is 24.3 Å². The Bertz CT molecular complexity index is 737. The second-order valence-electron chi connectivity index (χ2n) is 4.77. The monoisotopic (exact) mass is 313 g/mol. The molecule has 6 heteroatoms. The van der Waals surface area contributed by atoms with E-state index < -0.39 is 10.9 Å². The van der Waals surface area contributed by atoms with Crippen molar-refractivity contribution >= 4 is 17.4 Å². The lowest BCUT2D eigenvalue weighted by Crippen LogP contribution is -2.12. The molecular formula is C17H15NO5. The number of benzene rings is 2. The van der Waals surface area contributed by atoms with Crippen molar-refractivity contribution in [2.75, 3.05) is 6.61 Å². The standard InChI is InChI=1S/C17H15NO5/c1-2-23-16(19)11-13-5-3-4-6-15(13)17(20)12-7-9-14(10-8-12)18(21)22/h3-10H,2,11H2,1H3. The van der Waals surface area contributed by atoms with Crippen molar-refractivity contribution < 1.29 is 19.2 Å². The molecule has 0 aliphatic heterocycles. The van der Waals surface area contributed by atoms with E-state index in [2.05, 4.69) is 0 Å². The van der Waals surface area contributed by atoms with Gasteiger partial charge in [0.15, 0.2) is 5.78 Å². The van der Waals surface area contributed by atoms with Crippen LogP contribution in [0.2, 0.25) is 0 Å². The molecule has 0 amide bonds. The molecule has 2 aromatic carbocycles. The third-order valence-corrected chi connectivity index (χ3v) is 3.24. The van der Waals surface area contributed by atoms with Crippen LogP contribution in [-0.4, -0.2) is 23.3 Å². The van der Waals surface area contributed by atoms with E-state index in [0.29, 0.717) is 16.7 Å². The first-order valence-corrected chi connectivity index (χ1v) is 7.05. The highest BCUT2D eigenvalue weighted by atomic mass is 16.6. The van der Waals surface area contributed by atoms with E-state index in [-0.39, 0.29) is 24.5 Å². The van der Waals surface area contributed by atoms with Crippen LogP contribution in [0.4, 0.5) is 5.69 Å². The van der Waals surface area contributed by atoms with Gasteiger partial charge < -0.3 is 4.74 Å². The molecule has 0 bridgehead atoms. The Morgan fingerprint density at radius 1 is 1.09 bits per heavy atom. The number of ether oxygens (including phenoxy) is 1. The molecule has 0 fully saturated rings. The summed E-state index contributed by atoms with van der Waals surface area (Å²) in [6, 6.07) is 12.1. The number of nitrogens with zero attached hydrogens (tertiary/aromatic N) is 1. The molecule has 0 saturated heterocycles. The zero-order chi connectivity index (χ0) is 16.8. The number of esters is 1. The number of ketones is 1. The number of nitro benzene ring substituents is 1. The van der Waals surface area contributed by atoms with Crippen molar-refractivity contribution in [3.8, 4) is 0 Å². The summed E-state index contributed by atoms with van der Waals surface area (Å²) in [5.74, 6) is -0.698. The van der Waals surface area contributed by atoms with Gasteiger partial charge in [0.2, 0.25) is 0 Å². The van der Waals surface area contributed by atoms with Gasteiger partial charge in [0.05, 0.1) is 18.0 Å². The maximum absolute atomic E-state index is 12.6. The van der Waals surface area contributed by atoms with Gasteiger partial charge in [-0.2, -0.15) is 0 Å². The molecule has 0 spiro atoms. The molecule has 0 radical (unpaired) electrons. The Balaban J connectivity index is 2.28. The van der Waals surface area contributed by atoms with E-state index in [1.54, 1.807) is 31.2 Å². The van der Waals surface area contributed by atoms with Crippen molar-refractivity contribution in [2.24, 2.45) is 0 Å². The highest BCUT2D eigenvalue weighted by molar-refractivity contribution is 6.10. The Kier molecular flexibility index (Phi) is 5.19. The summed E-state index contributed by atoms with van der Waals surface area (Å²) in [6.07, 6.45) is 0.00271. The summed E-state index contributed by atoms with van der Waals surface area (Å²) in [4.78, 5) is 34.3. The van der Waals surface area contributed by atoms with Crippen molar-refractivity contribution in [1.29, 1.82) is 0 Å². The Morgan fingerprint density at radius 2 is 1.74 bits per heavy atom. The molecule has 0 heterocycles. The second-order valence-corrected chi connectivity index (χ2v) is 4.77. The van der Waals surface area contributed by atoms with E-state index in [4.69, 9.17) is 4.74 Å². The molecule has 2 aromatic rings. The van der Waals surface area contributed by atoms with E-state index >= 15 is 0 Å². The zero-order valence-corrected chi connectivity index (χ0v) is 12.5. The van der Waals surface area contributed by atoms with Gasteiger partial charge in [0.25, 0.3) is 5.69 Å². The molecule has 23 heavy (non-hydrogen) atoms. The van der Waals surface area contributed by atoms with Gasteiger partial charge in [-0.3, -0.25) is 19.7 Å². The van der Waals surface area contributed by atoms with Crippen LogP contribution in [0.25, 0.3) is 0 Å². The third-order valence-electron chi connectivity index (χ3n) is 3.24. The molecule has 118 valence electrons. The minimum atomic E-state index is -0.525. The number of nitro groups is 1. The van der Waals surface area contributed by atoms with Gasteiger partial charge in [-0.25, -0.2) is 0 Å². The Morgan fingerprint density at radius 3 is 2.35 bits per heavy atom. The summed E-state index contributed by atoms with van der Waals surface area (Å²) in [6.45, 7) is 1.99. The largest absolute Gasteiger partial charge is 0.466 e. The number of non-ortho nitro benzene ring substituents is 1. The van der Waals surface area contributed by atoms with Crippen LogP contribution in [0.5, 0.6) is 0 Å². The maximum Gasteiger partial charge on any atom is 0.310 e. The molecule has 0 saturated carbocycles. The Labute approximate surface area is 132 Å². The molecule has 0 aliphatic carbocycles. The zero-order valence-electron chi connectivity index (χ0n) is 12.5. The van der Waals surface area contributed by atoms with Crippen LogP contribution in [0.3, 0.4) is 0 Å². The lowest BCUT2D eigenvalue weighted by molar-refractivity contribution is -0.384. The highest BCUT2D eigenvalue weighted by Gasteiger charge is 2.16. The fourth-order valence-electron chi connectivity index (χ4n) is 2.15. The third kappa shape index (κ3) is 4.00. The van der Waals surface area contributed by atoms with Crippen LogP contribution in [0.1, 0.15) is 28.4 Å². The molecule has 0 aromatic heterocycles. The minimum absolute atomic E-state index is 0.00271. The summed E-state index contributed by atoms with van der Waals surface area (Å²) in [7, 11) is 0. The SMILES string of the molecule is CCOC(=O)Cc1ccccc1C(=O)c1ccc([N+](=O)[O-])cc1. The van der Waals surface area contributed by atoms with E-state index in [9.17, 15) is 19.7 Å². The number of hydrogen-bond donors (Lipinski definition) is 0. The quantitative estimate of drug-likeness (QED) is 0.354. The van der Waals surface area contributed by atoms with Gasteiger partial charge in [-0.15, -0.1) is 0 Å². The topological polar surface area (TPSA) is 86.5 Å². The van der Waals surface area contributed by atoms with Gasteiger partial charge in [0.1, 0.15) is 0 Å².